The number of nitrogens with zero attached hydrogens (tertiary/aromatic N) is 1. The summed E-state index contributed by atoms with van der Waals surface area (Å²) in [5.41, 5.74) is 0. The van der Waals surface area contributed by atoms with E-state index in [2.05, 4.69) is 24.1 Å². The molecule has 1 N–H and O–H groups in total. The Bertz CT molecular complexity index is 194. The third-order valence-corrected chi connectivity index (χ3v) is 3.89. The first-order chi connectivity index (χ1) is 7.75. The van der Waals surface area contributed by atoms with E-state index in [-0.39, 0.29) is 0 Å². The molecule has 2 saturated heterocycles. The van der Waals surface area contributed by atoms with Gasteiger partial charge in [-0.25, -0.2) is 0 Å². The molecule has 2 heterocycles. The monoisotopic (exact) mass is 226 g/mol. The zero-order valence-electron chi connectivity index (χ0n) is 10.7. The topological polar surface area (TPSA) is 24.5 Å². The fourth-order valence-corrected chi connectivity index (χ4v) is 2.79. The van der Waals surface area contributed by atoms with Gasteiger partial charge in [-0.15, -0.1) is 0 Å². The van der Waals surface area contributed by atoms with Crippen LogP contribution in [0.5, 0.6) is 0 Å². The van der Waals surface area contributed by atoms with E-state index in [9.17, 15) is 0 Å². The van der Waals surface area contributed by atoms with E-state index in [0.29, 0.717) is 12.1 Å². The van der Waals surface area contributed by atoms with Crippen molar-refractivity contribution in [3.05, 3.63) is 0 Å². The van der Waals surface area contributed by atoms with E-state index in [1.807, 2.05) is 0 Å². The molecule has 16 heavy (non-hydrogen) atoms. The lowest BCUT2D eigenvalue weighted by Gasteiger charge is -2.37. The van der Waals surface area contributed by atoms with Crippen LogP contribution in [0.1, 0.15) is 39.5 Å². The number of hydrogen-bond acceptors (Lipinski definition) is 3. The van der Waals surface area contributed by atoms with Gasteiger partial charge in [0.15, 0.2) is 0 Å². The Morgan fingerprint density at radius 1 is 1.12 bits per heavy atom. The minimum Gasteiger partial charge on any atom is -0.380 e. The quantitative estimate of drug-likeness (QED) is 0.791. The SMILES string of the molecule is CC(C)N1CCC(NC2CCCOC2)CC1. The minimum absolute atomic E-state index is 0.615. The van der Waals surface area contributed by atoms with Gasteiger partial charge in [0.2, 0.25) is 0 Å². The Balaban J connectivity index is 1.68. The van der Waals surface area contributed by atoms with Crippen LogP contribution >= 0.6 is 0 Å². The number of likely N-dealkylation sites (tertiary alicyclic amines) is 1. The maximum Gasteiger partial charge on any atom is 0.0619 e. The van der Waals surface area contributed by atoms with Gasteiger partial charge in [0, 0.05) is 24.7 Å². The molecule has 0 aromatic carbocycles. The predicted octanol–water partition coefficient (Wildman–Crippen LogP) is 1.63. The smallest absolute Gasteiger partial charge is 0.0619 e. The molecule has 0 aromatic rings. The molecular formula is C13H26N2O. The molecule has 0 amide bonds. The summed E-state index contributed by atoms with van der Waals surface area (Å²) in [7, 11) is 0. The van der Waals surface area contributed by atoms with Gasteiger partial charge in [-0.3, -0.25) is 0 Å². The van der Waals surface area contributed by atoms with Crippen molar-refractivity contribution in [2.24, 2.45) is 0 Å². The first kappa shape index (κ1) is 12.3. The molecule has 2 aliphatic rings. The summed E-state index contributed by atoms with van der Waals surface area (Å²) < 4.78 is 5.51. The maximum absolute atomic E-state index is 5.51. The molecule has 1 unspecified atom stereocenters. The normalized spacial score (nSPS) is 29.8. The van der Waals surface area contributed by atoms with Gasteiger partial charge >= 0.3 is 0 Å². The van der Waals surface area contributed by atoms with Crippen LogP contribution in [-0.2, 0) is 4.74 Å². The van der Waals surface area contributed by atoms with E-state index in [0.717, 1.165) is 19.3 Å². The summed E-state index contributed by atoms with van der Waals surface area (Å²) in [6.45, 7) is 8.98. The van der Waals surface area contributed by atoms with E-state index in [1.54, 1.807) is 0 Å². The molecule has 2 fully saturated rings. The van der Waals surface area contributed by atoms with Crippen LogP contribution < -0.4 is 5.32 Å². The average molecular weight is 226 g/mol. The summed E-state index contributed by atoms with van der Waals surface area (Å²) in [5, 5.41) is 3.77. The van der Waals surface area contributed by atoms with Crippen molar-refractivity contribution in [2.45, 2.75) is 57.7 Å². The number of nitrogens with one attached hydrogen (secondary N) is 1. The Morgan fingerprint density at radius 2 is 1.88 bits per heavy atom. The van der Waals surface area contributed by atoms with Crippen molar-refractivity contribution in [3.63, 3.8) is 0 Å². The van der Waals surface area contributed by atoms with E-state index in [1.165, 1.54) is 38.8 Å². The van der Waals surface area contributed by atoms with Gasteiger partial charge in [0.25, 0.3) is 0 Å². The van der Waals surface area contributed by atoms with Gasteiger partial charge < -0.3 is 15.0 Å². The summed E-state index contributed by atoms with van der Waals surface area (Å²) in [5.74, 6) is 0. The summed E-state index contributed by atoms with van der Waals surface area (Å²) in [4.78, 5) is 2.58. The van der Waals surface area contributed by atoms with Gasteiger partial charge in [-0.05, 0) is 52.6 Å². The molecule has 2 aliphatic heterocycles. The second-order valence-electron chi connectivity index (χ2n) is 5.48. The molecule has 3 nitrogen and oxygen atoms in total. The van der Waals surface area contributed by atoms with Gasteiger partial charge in [-0.2, -0.15) is 0 Å². The van der Waals surface area contributed by atoms with Crippen molar-refractivity contribution >= 4 is 0 Å². The molecule has 3 heteroatoms. The lowest BCUT2D eigenvalue weighted by molar-refractivity contribution is 0.0598. The lowest BCUT2D eigenvalue weighted by atomic mass is 10.0. The van der Waals surface area contributed by atoms with Crippen molar-refractivity contribution in [3.8, 4) is 0 Å². The van der Waals surface area contributed by atoms with Gasteiger partial charge in [0.1, 0.15) is 0 Å². The van der Waals surface area contributed by atoms with Crippen LogP contribution in [0.2, 0.25) is 0 Å². The zero-order chi connectivity index (χ0) is 11.4. The highest BCUT2D eigenvalue weighted by atomic mass is 16.5. The molecule has 0 bridgehead atoms. The highest BCUT2D eigenvalue weighted by molar-refractivity contribution is 4.82. The standard InChI is InChI=1S/C13H26N2O/c1-11(2)15-7-5-12(6-8-15)14-13-4-3-9-16-10-13/h11-14H,3-10H2,1-2H3. The molecule has 0 radical (unpaired) electrons. The lowest BCUT2D eigenvalue weighted by Crippen LogP contribution is -2.49. The minimum atomic E-state index is 0.615. The Kier molecular flexibility index (Phi) is 4.62. The molecular weight excluding hydrogens is 200 g/mol. The molecule has 0 aliphatic carbocycles. The highest BCUT2D eigenvalue weighted by Gasteiger charge is 2.23. The molecule has 0 spiro atoms. The van der Waals surface area contributed by atoms with Crippen LogP contribution in [0, 0.1) is 0 Å². The highest BCUT2D eigenvalue weighted by Crippen LogP contribution is 2.15. The number of rotatable bonds is 3. The van der Waals surface area contributed by atoms with Crippen molar-refractivity contribution in [2.75, 3.05) is 26.3 Å². The molecule has 94 valence electrons. The zero-order valence-corrected chi connectivity index (χ0v) is 10.7. The van der Waals surface area contributed by atoms with Crippen LogP contribution in [0.4, 0.5) is 0 Å². The molecule has 2 rings (SSSR count). The number of piperidine rings is 1. The second kappa shape index (κ2) is 5.99. The average Bonchev–Trinajstić information content (AvgIpc) is 2.31. The first-order valence-electron chi connectivity index (χ1n) is 6.83. The van der Waals surface area contributed by atoms with Crippen LogP contribution in [0.15, 0.2) is 0 Å². The van der Waals surface area contributed by atoms with Crippen molar-refractivity contribution < 1.29 is 4.74 Å². The Hall–Kier alpha value is -0.120. The fourth-order valence-electron chi connectivity index (χ4n) is 2.79. The van der Waals surface area contributed by atoms with E-state index in [4.69, 9.17) is 4.74 Å². The second-order valence-corrected chi connectivity index (χ2v) is 5.48. The first-order valence-corrected chi connectivity index (χ1v) is 6.83. The third-order valence-electron chi connectivity index (χ3n) is 3.89. The van der Waals surface area contributed by atoms with Crippen LogP contribution in [0.25, 0.3) is 0 Å². The van der Waals surface area contributed by atoms with Crippen molar-refractivity contribution in [1.82, 2.24) is 10.2 Å². The van der Waals surface area contributed by atoms with E-state index >= 15 is 0 Å². The maximum atomic E-state index is 5.51. The molecule has 0 aromatic heterocycles. The van der Waals surface area contributed by atoms with Gasteiger partial charge in [-0.1, -0.05) is 0 Å². The van der Waals surface area contributed by atoms with E-state index < -0.39 is 0 Å². The Morgan fingerprint density at radius 3 is 2.44 bits per heavy atom. The van der Waals surface area contributed by atoms with Crippen LogP contribution in [0.3, 0.4) is 0 Å². The van der Waals surface area contributed by atoms with Gasteiger partial charge in [0.05, 0.1) is 6.61 Å². The largest absolute Gasteiger partial charge is 0.380 e. The summed E-state index contributed by atoms with van der Waals surface area (Å²) in [6.07, 6.45) is 5.12. The predicted molar refractivity (Wildman–Crippen MR) is 66.7 cm³/mol. The van der Waals surface area contributed by atoms with Crippen LogP contribution in [-0.4, -0.2) is 49.3 Å². The third kappa shape index (κ3) is 3.44. The summed E-state index contributed by atoms with van der Waals surface area (Å²) >= 11 is 0. The fraction of sp³-hybridized carbons (Fsp3) is 1.00. The van der Waals surface area contributed by atoms with Crippen molar-refractivity contribution in [1.29, 1.82) is 0 Å². The number of ether oxygens (including phenoxy) is 1. The number of hydrogen-bond donors (Lipinski definition) is 1. The molecule has 1 atom stereocenters. The Labute approximate surface area is 99.5 Å². The summed E-state index contributed by atoms with van der Waals surface area (Å²) in [6, 6.07) is 2.05. The molecule has 0 saturated carbocycles.